The van der Waals surface area contributed by atoms with Crippen molar-refractivity contribution in [2.45, 2.75) is 6.42 Å². The molecular formula is C9H23N5. The summed E-state index contributed by atoms with van der Waals surface area (Å²) in [6.45, 7) is 7.83. The first kappa shape index (κ1) is 11.9. The van der Waals surface area contributed by atoms with Crippen molar-refractivity contribution in [3.63, 3.8) is 0 Å². The van der Waals surface area contributed by atoms with Gasteiger partial charge < -0.3 is 21.7 Å². The van der Waals surface area contributed by atoms with Crippen LogP contribution in [0.2, 0.25) is 0 Å². The molecule has 0 aliphatic carbocycles. The van der Waals surface area contributed by atoms with Gasteiger partial charge >= 0.3 is 0 Å². The van der Waals surface area contributed by atoms with Crippen LogP contribution >= 0.6 is 0 Å². The van der Waals surface area contributed by atoms with Gasteiger partial charge in [0.2, 0.25) is 0 Å². The van der Waals surface area contributed by atoms with Crippen molar-refractivity contribution in [1.82, 2.24) is 20.9 Å². The highest BCUT2D eigenvalue weighted by Crippen LogP contribution is 1.82. The Hall–Kier alpha value is -0.200. The quantitative estimate of drug-likeness (QED) is 0.409. The van der Waals surface area contributed by atoms with Crippen LogP contribution in [0.25, 0.3) is 0 Å². The normalized spacial score (nSPS) is 23.8. The zero-order valence-corrected chi connectivity index (χ0v) is 8.89. The number of nitrogens with zero attached hydrogens (tertiary/aromatic N) is 1. The molecule has 1 aliphatic heterocycles. The summed E-state index contributed by atoms with van der Waals surface area (Å²) in [5.41, 5.74) is 5.63. The van der Waals surface area contributed by atoms with Gasteiger partial charge in [-0.25, -0.2) is 0 Å². The Morgan fingerprint density at radius 3 is 2.43 bits per heavy atom. The fourth-order valence-corrected chi connectivity index (χ4v) is 1.47. The molecule has 0 amide bonds. The van der Waals surface area contributed by atoms with Crippen LogP contribution in [-0.4, -0.2) is 57.5 Å². The van der Waals surface area contributed by atoms with E-state index >= 15 is 0 Å². The Morgan fingerprint density at radius 2 is 1.64 bits per heavy atom. The Kier molecular flexibility index (Phi) is 6.90. The van der Waals surface area contributed by atoms with Gasteiger partial charge in [0, 0.05) is 39.5 Å². The van der Waals surface area contributed by atoms with Gasteiger partial charge in [-0.05, 0) is 19.5 Å². The summed E-state index contributed by atoms with van der Waals surface area (Å²) in [7, 11) is 0. The highest BCUT2D eigenvalue weighted by Gasteiger charge is 2.01. The van der Waals surface area contributed by atoms with Crippen LogP contribution in [0.15, 0.2) is 0 Å². The summed E-state index contributed by atoms with van der Waals surface area (Å²) in [6.07, 6.45) is 1.20. The minimum Gasteiger partial charge on any atom is -0.318 e. The molecule has 5 nitrogen and oxygen atoms in total. The molecule has 1 heterocycles. The number of nitrogens with one attached hydrogen (secondary N) is 3. The molecule has 0 radical (unpaired) electrons. The maximum Gasteiger partial charge on any atom is 0.0493 e. The van der Waals surface area contributed by atoms with E-state index in [9.17, 15) is 0 Å². The zero-order chi connectivity index (χ0) is 10.1. The first-order valence-electron chi connectivity index (χ1n) is 5.48. The molecule has 1 saturated heterocycles. The van der Waals surface area contributed by atoms with Crippen LogP contribution in [-0.2, 0) is 0 Å². The summed E-state index contributed by atoms with van der Waals surface area (Å²) >= 11 is 0. The molecule has 1 rings (SSSR count). The van der Waals surface area contributed by atoms with Gasteiger partial charge in [0.15, 0.2) is 0 Å². The minimum absolute atomic E-state index is 0.627. The summed E-state index contributed by atoms with van der Waals surface area (Å²) in [5.74, 6) is 0. The van der Waals surface area contributed by atoms with E-state index in [1.165, 1.54) is 6.42 Å². The molecule has 0 aromatic heterocycles. The van der Waals surface area contributed by atoms with E-state index in [1.54, 1.807) is 0 Å². The standard InChI is InChI=1S/C9H23N5/c10-8-14-7-6-12-3-1-2-11-4-5-13-9-14/h11-13H,1-10H2. The smallest absolute Gasteiger partial charge is 0.0493 e. The number of rotatable bonds is 1. The summed E-state index contributed by atoms with van der Waals surface area (Å²) < 4.78 is 0. The van der Waals surface area contributed by atoms with Crippen LogP contribution < -0.4 is 21.7 Å². The average Bonchev–Trinajstić information content (AvgIpc) is 2.19. The summed E-state index contributed by atoms with van der Waals surface area (Å²) in [5, 5.41) is 10.1. The van der Waals surface area contributed by atoms with Crippen molar-refractivity contribution in [1.29, 1.82) is 0 Å². The molecule has 1 aliphatic rings. The Balaban J connectivity index is 2.17. The predicted octanol–water partition coefficient (Wildman–Crippen LogP) is -1.67. The van der Waals surface area contributed by atoms with Crippen molar-refractivity contribution < 1.29 is 0 Å². The van der Waals surface area contributed by atoms with Crippen LogP contribution in [0.4, 0.5) is 0 Å². The molecule has 1 fully saturated rings. The maximum atomic E-state index is 5.63. The van der Waals surface area contributed by atoms with E-state index in [-0.39, 0.29) is 0 Å². The topological polar surface area (TPSA) is 65.3 Å². The third-order valence-corrected chi connectivity index (χ3v) is 2.38. The average molecular weight is 201 g/mol. The second-order valence-corrected chi connectivity index (χ2v) is 3.59. The monoisotopic (exact) mass is 201 g/mol. The highest BCUT2D eigenvalue weighted by atomic mass is 15.3. The number of nitrogens with two attached hydrogens (primary N) is 1. The number of hydrogen-bond donors (Lipinski definition) is 4. The summed E-state index contributed by atoms with van der Waals surface area (Å²) in [6, 6.07) is 0. The van der Waals surface area contributed by atoms with Crippen molar-refractivity contribution >= 4 is 0 Å². The SMILES string of the molecule is NCN1CCNCCCNCCNC1. The molecular weight excluding hydrogens is 178 g/mol. The molecule has 0 aromatic rings. The molecule has 14 heavy (non-hydrogen) atoms. The highest BCUT2D eigenvalue weighted by molar-refractivity contribution is 4.60. The molecule has 0 saturated carbocycles. The van der Waals surface area contributed by atoms with E-state index in [4.69, 9.17) is 5.73 Å². The van der Waals surface area contributed by atoms with E-state index in [0.717, 1.165) is 45.9 Å². The van der Waals surface area contributed by atoms with Gasteiger partial charge in [0.25, 0.3) is 0 Å². The van der Waals surface area contributed by atoms with Crippen molar-refractivity contribution in [2.24, 2.45) is 5.73 Å². The van der Waals surface area contributed by atoms with Crippen LogP contribution in [0.3, 0.4) is 0 Å². The Morgan fingerprint density at radius 1 is 0.929 bits per heavy atom. The molecule has 0 bridgehead atoms. The lowest BCUT2D eigenvalue weighted by molar-refractivity contribution is 0.257. The van der Waals surface area contributed by atoms with Crippen molar-refractivity contribution in [3.05, 3.63) is 0 Å². The van der Waals surface area contributed by atoms with Gasteiger partial charge in [-0.3, -0.25) is 4.90 Å². The zero-order valence-electron chi connectivity index (χ0n) is 8.89. The van der Waals surface area contributed by atoms with Gasteiger partial charge in [-0.15, -0.1) is 0 Å². The second-order valence-electron chi connectivity index (χ2n) is 3.59. The molecule has 0 atom stereocenters. The Bertz CT molecular complexity index is 118. The maximum absolute atomic E-state index is 5.63. The van der Waals surface area contributed by atoms with E-state index in [2.05, 4.69) is 20.9 Å². The lowest BCUT2D eigenvalue weighted by atomic mass is 10.4. The fraction of sp³-hybridized carbons (Fsp3) is 1.00. The molecule has 0 unspecified atom stereocenters. The second kappa shape index (κ2) is 8.14. The van der Waals surface area contributed by atoms with E-state index in [1.807, 2.05) is 0 Å². The van der Waals surface area contributed by atoms with Gasteiger partial charge in [-0.2, -0.15) is 0 Å². The first-order valence-corrected chi connectivity index (χ1v) is 5.48. The van der Waals surface area contributed by atoms with E-state index < -0.39 is 0 Å². The fourth-order valence-electron chi connectivity index (χ4n) is 1.47. The van der Waals surface area contributed by atoms with Crippen molar-refractivity contribution in [2.75, 3.05) is 52.6 Å². The molecule has 84 valence electrons. The molecule has 5 heteroatoms. The molecule has 0 aromatic carbocycles. The van der Waals surface area contributed by atoms with E-state index in [0.29, 0.717) is 6.67 Å². The van der Waals surface area contributed by atoms with Gasteiger partial charge in [0.1, 0.15) is 0 Å². The van der Waals surface area contributed by atoms with Crippen LogP contribution in [0.1, 0.15) is 6.42 Å². The first-order chi connectivity index (χ1) is 6.93. The third-order valence-electron chi connectivity index (χ3n) is 2.38. The third kappa shape index (κ3) is 5.51. The van der Waals surface area contributed by atoms with Crippen LogP contribution in [0.5, 0.6) is 0 Å². The van der Waals surface area contributed by atoms with Gasteiger partial charge in [0.05, 0.1) is 0 Å². The number of hydrogen-bond acceptors (Lipinski definition) is 5. The molecule has 5 N–H and O–H groups in total. The van der Waals surface area contributed by atoms with Crippen LogP contribution in [0, 0.1) is 0 Å². The van der Waals surface area contributed by atoms with Gasteiger partial charge in [-0.1, -0.05) is 0 Å². The Labute approximate surface area is 86.4 Å². The minimum atomic E-state index is 0.627. The largest absolute Gasteiger partial charge is 0.318 e. The molecule has 0 spiro atoms. The lowest BCUT2D eigenvalue weighted by Gasteiger charge is -2.21. The predicted molar refractivity (Wildman–Crippen MR) is 59.0 cm³/mol. The summed E-state index contributed by atoms with van der Waals surface area (Å²) in [4.78, 5) is 2.20. The van der Waals surface area contributed by atoms with Crippen molar-refractivity contribution in [3.8, 4) is 0 Å². The lowest BCUT2D eigenvalue weighted by Crippen LogP contribution is -2.44.